The van der Waals surface area contributed by atoms with Gasteiger partial charge in [-0.1, -0.05) is 6.07 Å². The molecule has 8 heteroatoms. The number of carbonyl (C=O) groups excluding carboxylic acids is 1. The highest BCUT2D eigenvalue weighted by Crippen LogP contribution is 2.32. The van der Waals surface area contributed by atoms with Gasteiger partial charge in [0.05, 0.1) is 11.5 Å². The van der Waals surface area contributed by atoms with Crippen LogP contribution in [0.15, 0.2) is 18.2 Å². The number of aliphatic hydroxyl groups excluding tert-OH is 1. The minimum absolute atomic E-state index is 0.156. The summed E-state index contributed by atoms with van der Waals surface area (Å²) >= 11 is 0. The number of benzene rings is 1. The van der Waals surface area contributed by atoms with Crippen LogP contribution in [0.1, 0.15) is 0 Å². The number of carbonyl (C=O) groups is 1. The Kier molecular flexibility index (Phi) is 4.44. The summed E-state index contributed by atoms with van der Waals surface area (Å²) in [4.78, 5) is 21.0. The van der Waals surface area contributed by atoms with Crippen molar-refractivity contribution < 1.29 is 14.8 Å². The van der Waals surface area contributed by atoms with Crippen molar-refractivity contribution in [3.8, 4) is 0 Å². The van der Waals surface area contributed by atoms with Crippen molar-refractivity contribution in [3.05, 3.63) is 28.3 Å². The molecular formula is C10H14N4O4. The summed E-state index contributed by atoms with van der Waals surface area (Å²) in [6.45, 7) is -0.191. The SMILES string of the molecule is CNc1cccc(NCC(O)C(N)=O)c1[N+](=O)[O-]. The van der Waals surface area contributed by atoms with E-state index in [1.54, 1.807) is 19.2 Å². The van der Waals surface area contributed by atoms with Crippen LogP contribution in [0.25, 0.3) is 0 Å². The number of hydrogen-bond acceptors (Lipinski definition) is 6. The molecule has 0 aliphatic rings. The fraction of sp³-hybridized carbons (Fsp3) is 0.300. The van der Waals surface area contributed by atoms with E-state index < -0.39 is 16.9 Å². The summed E-state index contributed by atoms with van der Waals surface area (Å²) in [5.74, 6) is -0.894. The number of nitrogens with zero attached hydrogens (tertiary/aromatic N) is 1. The predicted molar refractivity (Wildman–Crippen MR) is 66.3 cm³/mol. The number of amides is 1. The summed E-state index contributed by atoms with van der Waals surface area (Å²) < 4.78 is 0. The van der Waals surface area contributed by atoms with Crippen LogP contribution in [-0.4, -0.2) is 35.6 Å². The first-order valence-electron chi connectivity index (χ1n) is 5.13. The van der Waals surface area contributed by atoms with Gasteiger partial charge in [-0.15, -0.1) is 0 Å². The molecule has 0 saturated heterocycles. The molecule has 1 atom stereocenters. The molecule has 98 valence electrons. The lowest BCUT2D eigenvalue weighted by atomic mass is 10.2. The monoisotopic (exact) mass is 254 g/mol. The zero-order valence-corrected chi connectivity index (χ0v) is 9.71. The summed E-state index contributed by atoms with van der Waals surface area (Å²) in [6.07, 6.45) is -1.40. The van der Waals surface area contributed by atoms with Crippen molar-refractivity contribution in [1.29, 1.82) is 0 Å². The number of nitrogens with two attached hydrogens (primary N) is 1. The predicted octanol–water partition coefficient (Wildman–Crippen LogP) is -0.105. The number of nitro benzene ring substituents is 1. The third-order valence-corrected chi connectivity index (χ3v) is 2.30. The first kappa shape index (κ1) is 13.7. The Hall–Kier alpha value is -2.35. The second-order valence-corrected chi connectivity index (χ2v) is 3.51. The van der Waals surface area contributed by atoms with E-state index in [0.717, 1.165) is 0 Å². The zero-order chi connectivity index (χ0) is 13.7. The van der Waals surface area contributed by atoms with Crippen LogP contribution in [0.3, 0.4) is 0 Å². The molecule has 1 aromatic carbocycles. The van der Waals surface area contributed by atoms with E-state index in [1.807, 2.05) is 0 Å². The van der Waals surface area contributed by atoms with Gasteiger partial charge in [-0.25, -0.2) is 0 Å². The van der Waals surface area contributed by atoms with Crippen LogP contribution in [0.5, 0.6) is 0 Å². The van der Waals surface area contributed by atoms with E-state index >= 15 is 0 Å². The number of primary amides is 1. The molecule has 1 unspecified atom stereocenters. The Bertz CT molecular complexity index is 463. The van der Waals surface area contributed by atoms with Crippen molar-refractivity contribution in [3.63, 3.8) is 0 Å². The standard InChI is InChI=1S/C10H14N4O4/c1-12-6-3-2-4-7(9(6)14(17)18)13-5-8(15)10(11)16/h2-4,8,12-13,15H,5H2,1H3,(H2,11,16). The molecule has 5 N–H and O–H groups in total. The summed E-state index contributed by atoms with van der Waals surface area (Å²) in [6, 6.07) is 4.64. The molecule has 0 aliphatic carbocycles. The molecular weight excluding hydrogens is 240 g/mol. The number of nitro groups is 1. The smallest absolute Gasteiger partial charge is 0.315 e. The molecule has 0 bridgehead atoms. The molecule has 0 aromatic heterocycles. The fourth-order valence-electron chi connectivity index (χ4n) is 1.39. The molecule has 1 rings (SSSR count). The first-order chi connectivity index (χ1) is 8.47. The Balaban J connectivity index is 2.95. The van der Waals surface area contributed by atoms with Crippen LogP contribution >= 0.6 is 0 Å². The minimum Gasteiger partial charge on any atom is -0.382 e. The Morgan fingerprint density at radius 2 is 2.17 bits per heavy atom. The minimum atomic E-state index is -1.40. The number of hydrogen-bond donors (Lipinski definition) is 4. The van der Waals surface area contributed by atoms with Crippen LogP contribution in [0.4, 0.5) is 17.1 Å². The van der Waals surface area contributed by atoms with Crippen molar-refractivity contribution in [2.24, 2.45) is 5.73 Å². The quantitative estimate of drug-likeness (QED) is 0.414. The van der Waals surface area contributed by atoms with Crippen LogP contribution in [-0.2, 0) is 4.79 Å². The van der Waals surface area contributed by atoms with E-state index in [-0.39, 0.29) is 17.9 Å². The van der Waals surface area contributed by atoms with E-state index in [0.29, 0.717) is 5.69 Å². The van der Waals surface area contributed by atoms with Crippen LogP contribution < -0.4 is 16.4 Å². The van der Waals surface area contributed by atoms with Crippen molar-refractivity contribution in [2.75, 3.05) is 24.2 Å². The second kappa shape index (κ2) is 5.82. The lowest BCUT2D eigenvalue weighted by molar-refractivity contribution is -0.383. The van der Waals surface area contributed by atoms with Gasteiger partial charge in [0.2, 0.25) is 5.91 Å². The number of para-hydroxylation sites is 1. The van der Waals surface area contributed by atoms with Gasteiger partial charge in [-0.3, -0.25) is 14.9 Å². The van der Waals surface area contributed by atoms with Crippen molar-refractivity contribution >= 4 is 23.0 Å². The highest BCUT2D eigenvalue weighted by atomic mass is 16.6. The molecule has 0 aliphatic heterocycles. The topological polar surface area (TPSA) is 131 Å². The average molecular weight is 254 g/mol. The Morgan fingerprint density at radius 1 is 1.56 bits per heavy atom. The number of anilines is 2. The molecule has 0 fully saturated rings. The maximum absolute atomic E-state index is 11.0. The number of nitrogens with one attached hydrogen (secondary N) is 2. The van der Waals surface area contributed by atoms with Gasteiger partial charge in [0.25, 0.3) is 0 Å². The van der Waals surface area contributed by atoms with Gasteiger partial charge in [-0.2, -0.15) is 0 Å². The van der Waals surface area contributed by atoms with Crippen molar-refractivity contribution in [1.82, 2.24) is 0 Å². The summed E-state index contributed by atoms with van der Waals surface area (Å²) in [5, 5.41) is 25.5. The molecule has 1 aromatic rings. The van der Waals surface area contributed by atoms with Crippen LogP contribution in [0, 0.1) is 10.1 Å². The highest BCUT2D eigenvalue weighted by molar-refractivity contribution is 5.80. The van der Waals surface area contributed by atoms with Gasteiger partial charge in [0.15, 0.2) is 0 Å². The Labute approximate surface area is 103 Å². The van der Waals surface area contributed by atoms with E-state index in [9.17, 15) is 20.0 Å². The second-order valence-electron chi connectivity index (χ2n) is 3.51. The van der Waals surface area contributed by atoms with E-state index in [2.05, 4.69) is 10.6 Å². The third kappa shape index (κ3) is 3.08. The first-order valence-corrected chi connectivity index (χ1v) is 5.13. The van der Waals surface area contributed by atoms with Crippen LogP contribution in [0.2, 0.25) is 0 Å². The molecule has 0 heterocycles. The summed E-state index contributed by atoms with van der Waals surface area (Å²) in [5.41, 5.74) is 5.26. The molecule has 0 radical (unpaired) electrons. The fourth-order valence-corrected chi connectivity index (χ4v) is 1.39. The molecule has 0 spiro atoms. The molecule has 8 nitrogen and oxygen atoms in total. The maximum Gasteiger partial charge on any atom is 0.315 e. The summed E-state index contributed by atoms with van der Waals surface area (Å²) in [7, 11) is 1.56. The largest absolute Gasteiger partial charge is 0.382 e. The normalized spacial score (nSPS) is 11.7. The third-order valence-electron chi connectivity index (χ3n) is 2.30. The van der Waals surface area contributed by atoms with Gasteiger partial charge in [-0.05, 0) is 12.1 Å². The maximum atomic E-state index is 11.0. The van der Waals surface area contributed by atoms with Gasteiger partial charge in [0, 0.05) is 7.05 Å². The van der Waals surface area contributed by atoms with Gasteiger partial charge < -0.3 is 21.5 Å². The highest BCUT2D eigenvalue weighted by Gasteiger charge is 2.20. The van der Waals surface area contributed by atoms with E-state index in [4.69, 9.17) is 5.73 Å². The average Bonchev–Trinajstić information content (AvgIpc) is 2.34. The van der Waals surface area contributed by atoms with E-state index in [1.165, 1.54) is 6.07 Å². The van der Waals surface area contributed by atoms with Crippen molar-refractivity contribution in [2.45, 2.75) is 6.10 Å². The van der Waals surface area contributed by atoms with Gasteiger partial charge >= 0.3 is 5.69 Å². The number of aliphatic hydroxyl groups is 1. The molecule has 1 amide bonds. The lowest BCUT2D eigenvalue weighted by Crippen LogP contribution is -2.34. The zero-order valence-electron chi connectivity index (χ0n) is 9.71. The lowest BCUT2D eigenvalue weighted by Gasteiger charge is -2.11. The van der Waals surface area contributed by atoms with Gasteiger partial charge in [0.1, 0.15) is 17.5 Å². The Morgan fingerprint density at radius 3 is 2.67 bits per heavy atom. The molecule has 18 heavy (non-hydrogen) atoms. The molecule has 0 saturated carbocycles. The number of rotatable bonds is 6.